The SMILES string of the molecule is CC(=O)N1CCC(=O)NN1C(C)=O. The van der Waals surface area contributed by atoms with Gasteiger partial charge in [-0.05, 0) is 0 Å². The van der Waals surface area contributed by atoms with E-state index in [0.29, 0.717) is 0 Å². The molecule has 0 aromatic carbocycles. The van der Waals surface area contributed by atoms with Gasteiger partial charge in [0.15, 0.2) is 0 Å². The molecule has 6 heteroatoms. The van der Waals surface area contributed by atoms with E-state index in [-0.39, 0.29) is 30.7 Å². The zero-order chi connectivity index (χ0) is 10.0. The van der Waals surface area contributed by atoms with Crippen LogP contribution >= 0.6 is 0 Å². The van der Waals surface area contributed by atoms with Crippen LogP contribution in [0, 0.1) is 0 Å². The number of carbonyl (C=O) groups is 3. The summed E-state index contributed by atoms with van der Waals surface area (Å²) in [5.74, 6) is -0.911. The Labute approximate surface area is 75.4 Å². The average molecular weight is 185 g/mol. The molecule has 72 valence electrons. The van der Waals surface area contributed by atoms with Gasteiger partial charge in [-0.15, -0.1) is 0 Å². The maximum atomic E-state index is 11.0. The predicted molar refractivity (Wildman–Crippen MR) is 42.7 cm³/mol. The Morgan fingerprint density at radius 1 is 1.31 bits per heavy atom. The zero-order valence-electron chi connectivity index (χ0n) is 7.53. The van der Waals surface area contributed by atoms with Gasteiger partial charge >= 0.3 is 0 Å². The van der Waals surface area contributed by atoms with Crippen LogP contribution in [0.4, 0.5) is 0 Å². The zero-order valence-corrected chi connectivity index (χ0v) is 7.53. The molecular formula is C7H11N3O3. The van der Waals surface area contributed by atoms with Gasteiger partial charge in [-0.1, -0.05) is 0 Å². The molecule has 0 saturated carbocycles. The van der Waals surface area contributed by atoms with E-state index in [9.17, 15) is 14.4 Å². The summed E-state index contributed by atoms with van der Waals surface area (Å²) in [4.78, 5) is 32.9. The number of hydrogen-bond acceptors (Lipinski definition) is 3. The molecule has 0 aromatic rings. The lowest BCUT2D eigenvalue weighted by atomic mass is 10.3. The van der Waals surface area contributed by atoms with Crippen molar-refractivity contribution in [2.24, 2.45) is 0 Å². The number of nitrogens with zero attached hydrogens (tertiary/aromatic N) is 2. The molecule has 0 spiro atoms. The van der Waals surface area contributed by atoms with Crippen LogP contribution in [0.25, 0.3) is 0 Å². The summed E-state index contributed by atoms with van der Waals surface area (Å²) >= 11 is 0. The Hall–Kier alpha value is -1.59. The number of nitrogens with one attached hydrogen (secondary N) is 1. The Kier molecular flexibility index (Phi) is 2.50. The predicted octanol–water partition coefficient (Wildman–Crippen LogP) is -0.967. The minimum atomic E-state index is -0.386. The number of hydrazine groups is 2. The minimum Gasteiger partial charge on any atom is -0.273 e. The van der Waals surface area contributed by atoms with Gasteiger partial charge < -0.3 is 0 Å². The van der Waals surface area contributed by atoms with E-state index >= 15 is 0 Å². The third-order valence-electron chi connectivity index (χ3n) is 1.68. The van der Waals surface area contributed by atoms with E-state index in [1.165, 1.54) is 18.9 Å². The third kappa shape index (κ3) is 1.95. The molecule has 1 rings (SSSR count). The molecule has 0 radical (unpaired) electrons. The first-order chi connectivity index (χ1) is 6.02. The van der Waals surface area contributed by atoms with E-state index < -0.39 is 0 Å². The second-order valence-electron chi connectivity index (χ2n) is 2.76. The lowest BCUT2D eigenvalue weighted by Gasteiger charge is -2.36. The Bertz CT molecular complexity index is 264. The van der Waals surface area contributed by atoms with Crippen molar-refractivity contribution in [1.29, 1.82) is 0 Å². The maximum Gasteiger partial charge on any atom is 0.257 e. The van der Waals surface area contributed by atoms with E-state index in [2.05, 4.69) is 5.43 Å². The van der Waals surface area contributed by atoms with E-state index in [4.69, 9.17) is 0 Å². The van der Waals surface area contributed by atoms with Gasteiger partial charge in [0.05, 0.1) is 6.54 Å². The fourth-order valence-electron chi connectivity index (χ4n) is 1.09. The van der Waals surface area contributed by atoms with Gasteiger partial charge in [-0.3, -0.25) is 14.4 Å². The first kappa shape index (κ1) is 9.50. The summed E-state index contributed by atoms with van der Waals surface area (Å²) in [5, 5.41) is 2.14. The third-order valence-corrected chi connectivity index (χ3v) is 1.68. The molecule has 13 heavy (non-hydrogen) atoms. The number of carbonyl (C=O) groups excluding carboxylic acids is 3. The second-order valence-corrected chi connectivity index (χ2v) is 2.76. The van der Waals surface area contributed by atoms with E-state index in [0.717, 1.165) is 5.12 Å². The molecule has 1 aliphatic rings. The summed E-state index contributed by atoms with van der Waals surface area (Å²) < 4.78 is 0. The van der Waals surface area contributed by atoms with Crippen molar-refractivity contribution in [2.45, 2.75) is 20.3 Å². The van der Waals surface area contributed by atoms with Crippen LogP contribution in [0.1, 0.15) is 20.3 Å². The highest BCUT2D eigenvalue weighted by atomic mass is 16.2. The first-order valence-corrected chi connectivity index (χ1v) is 3.90. The topological polar surface area (TPSA) is 69.7 Å². The molecule has 6 nitrogen and oxygen atoms in total. The molecule has 0 bridgehead atoms. The summed E-state index contributed by atoms with van der Waals surface area (Å²) in [6.07, 6.45) is 0.226. The Morgan fingerprint density at radius 2 is 1.92 bits per heavy atom. The van der Waals surface area contributed by atoms with Crippen molar-refractivity contribution < 1.29 is 14.4 Å². The van der Waals surface area contributed by atoms with Crippen molar-refractivity contribution in [3.63, 3.8) is 0 Å². The van der Waals surface area contributed by atoms with Gasteiger partial charge in [-0.2, -0.15) is 5.12 Å². The highest BCUT2D eigenvalue weighted by molar-refractivity contribution is 5.85. The highest BCUT2D eigenvalue weighted by Gasteiger charge is 2.27. The largest absolute Gasteiger partial charge is 0.273 e. The molecule has 0 aromatic heterocycles. The maximum absolute atomic E-state index is 11.0. The lowest BCUT2D eigenvalue weighted by molar-refractivity contribution is -0.178. The summed E-state index contributed by atoms with van der Waals surface area (Å²) in [7, 11) is 0. The van der Waals surface area contributed by atoms with Gasteiger partial charge in [-0.25, -0.2) is 10.4 Å². The fraction of sp³-hybridized carbons (Fsp3) is 0.571. The van der Waals surface area contributed by atoms with Crippen LogP contribution in [0.15, 0.2) is 0 Å². The fourth-order valence-corrected chi connectivity index (χ4v) is 1.09. The number of hydrogen-bond donors (Lipinski definition) is 1. The molecule has 1 saturated heterocycles. The molecule has 3 amide bonds. The molecule has 0 aliphatic carbocycles. The quantitative estimate of drug-likeness (QED) is 0.528. The second kappa shape index (κ2) is 3.42. The van der Waals surface area contributed by atoms with Gasteiger partial charge in [0, 0.05) is 20.3 Å². The molecule has 0 unspecified atom stereocenters. The van der Waals surface area contributed by atoms with Crippen LogP contribution < -0.4 is 5.43 Å². The minimum absolute atomic E-state index is 0.226. The van der Waals surface area contributed by atoms with Crippen molar-refractivity contribution >= 4 is 17.7 Å². The number of amides is 3. The lowest BCUT2D eigenvalue weighted by Crippen LogP contribution is -2.61. The highest BCUT2D eigenvalue weighted by Crippen LogP contribution is 2.04. The van der Waals surface area contributed by atoms with Gasteiger partial charge in [0.1, 0.15) is 0 Å². The van der Waals surface area contributed by atoms with Crippen LogP contribution in [-0.2, 0) is 14.4 Å². The smallest absolute Gasteiger partial charge is 0.257 e. The number of rotatable bonds is 0. The average Bonchev–Trinajstić information content (AvgIpc) is 2.03. The molecule has 1 heterocycles. The van der Waals surface area contributed by atoms with E-state index in [1.54, 1.807) is 0 Å². The van der Waals surface area contributed by atoms with Gasteiger partial charge in [0.25, 0.3) is 5.91 Å². The summed E-state index contributed by atoms with van der Waals surface area (Å²) in [6.45, 7) is 2.87. The van der Waals surface area contributed by atoms with Crippen LogP contribution in [0.5, 0.6) is 0 Å². The van der Waals surface area contributed by atoms with Crippen LogP contribution in [0.3, 0.4) is 0 Å². The summed E-state index contributed by atoms with van der Waals surface area (Å²) in [6, 6.07) is 0. The Balaban J connectivity index is 2.77. The van der Waals surface area contributed by atoms with Gasteiger partial charge in [0.2, 0.25) is 11.8 Å². The van der Waals surface area contributed by atoms with Crippen molar-refractivity contribution in [2.75, 3.05) is 6.54 Å². The van der Waals surface area contributed by atoms with Crippen molar-refractivity contribution in [1.82, 2.24) is 15.6 Å². The first-order valence-electron chi connectivity index (χ1n) is 3.90. The van der Waals surface area contributed by atoms with Crippen molar-refractivity contribution in [3.8, 4) is 0 Å². The van der Waals surface area contributed by atoms with Crippen molar-refractivity contribution in [3.05, 3.63) is 0 Å². The molecule has 1 aliphatic heterocycles. The van der Waals surface area contributed by atoms with Crippen LogP contribution in [-0.4, -0.2) is 34.4 Å². The van der Waals surface area contributed by atoms with Crippen LogP contribution in [0.2, 0.25) is 0 Å². The molecular weight excluding hydrogens is 174 g/mol. The van der Waals surface area contributed by atoms with E-state index in [1.807, 2.05) is 0 Å². The molecule has 0 atom stereocenters. The summed E-state index contributed by atoms with van der Waals surface area (Å²) in [5.41, 5.74) is 2.30. The molecule has 1 fully saturated rings. The normalized spacial score (nSPS) is 16.9. The monoisotopic (exact) mass is 185 g/mol. The molecule has 1 N–H and O–H groups in total. The Morgan fingerprint density at radius 3 is 2.38 bits per heavy atom. The standard InChI is InChI=1S/C7H11N3O3/c1-5(11)9-4-3-7(13)8-10(9)6(2)12/h3-4H2,1-2H3,(H,8,13).